The summed E-state index contributed by atoms with van der Waals surface area (Å²) in [6.45, 7) is 0.718. The van der Waals surface area contributed by atoms with Crippen molar-refractivity contribution in [2.75, 3.05) is 11.9 Å². The molecule has 0 atom stereocenters. The van der Waals surface area contributed by atoms with Gasteiger partial charge in [-0.1, -0.05) is 17.1 Å². The highest BCUT2D eigenvalue weighted by Crippen LogP contribution is 2.32. The molecule has 11 heteroatoms. The van der Waals surface area contributed by atoms with Crippen LogP contribution < -0.4 is 16.1 Å². The molecule has 1 aromatic carbocycles. The predicted octanol–water partition coefficient (Wildman–Crippen LogP) is 3.06. The number of aromatic nitrogens is 3. The third kappa shape index (κ3) is 5.17. The second kappa shape index (κ2) is 9.01. The molecule has 2 aromatic heterocycles. The van der Waals surface area contributed by atoms with Gasteiger partial charge in [-0.2, -0.15) is 18.2 Å². The van der Waals surface area contributed by atoms with Crippen molar-refractivity contribution in [3.63, 3.8) is 0 Å². The molecule has 1 amide bonds. The van der Waals surface area contributed by atoms with E-state index in [0.717, 1.165) is 61.5 Å². The highest BCUT2D eigenvalue weighted by atomic mass is 35.5. The molecule has 0 saturated heterocycles. The van der Waals surface area contributed by atoms with E-state index in [2.05, 4.69) is 20.7 Å². The molecule has 0 aliphatic heterocycles. The summed E-state index contributed by atoms with van der Waals surface area (Å²) in [5, 5.41) is 10.5. The first-order chi connectivity index (χ1) is 15.2. The van der Waals surface area contributed by atoms with Crippen LogP contribution in [0.5, 0.6) is 0 Å². The van der Waals surface area contributed by atoms with Gasteiger partial charge in [-0.05, 0) is 61.9 Å². The van der Waals surface area contributed by atoms with Gasteiger partial charge in [-0.15, -0.1) is 5.10 Å². The molecular formula is C21H22BClF3N5O. The monoisotopic (exact) mass is 463 g/mol. The number of nitrogens with zero attached hydrogens (tertiary/aromatic N) is 3. The normalized spacial score (nSPS) is 19.1. The Morgan fingerprint density at radius 2 is 1.94 bits per heavy atom. The summed E-state index contributed by atoms with van der Waals surface area (Å²) in [6.07, 6.45) is 0.576. The number of pyridine rings is 1. The zero-order valence-electron chi connectivity index (χ0n) is 17.4. The van der Waals surface area contributed by atoms with E-state index >= 15 is 0 Å². The van der Waals surface area contributed by atoms with Gasteiger partial charge in [-0.25, -0.2) is 4.52 Å². The molecule has 2 N–H and O–H groups in total. The van der Waals surface area contributed by atoms with Crippen molar-refractivity contribution in [2.24, 2.45) is 5.92 Å². The summed E-state index contributed by atoms with van der Waals surface area (Å²) >= 11 is 5.97. The SMILES string of the molecule is Bc1ccn2nc(NC[C@H]3CC[C@H](NC(=O)c4cc(C(F)(F)F)ccc4Cl)CC3)nc2c1. The molecule has 168 valence electrons. The van der Waals surface area contributed by atoms with Crippen molar-refractivity contribution >= 4 is 42.4 Å². The molecule has 1 saturated carbocycles. The van der Waals surface area contributed by atoms with Crippen LogP contribution in [0, 0.1) is 5.92 Å². The van der Waals surface area contributed by atoms with Gasteiger partial charge >= 0.3 is 6.18 Å². The predicted molar refractivity (Wildman–Crippen MR) is 119 cm³/mol. The number of hydrogen-bond acceptors (Lipinski definition) is 4. The van der Waals surface area contributed by atoms with E-state index < -0.39 is 17.6 Å². The minimum absolute atomic E-state index is 0.00327. The van der Waals surface area contributed by atoms with Crippen molar-refractivity contribution in [1.29, 1.82) is 0 Å². The fourth-order valence-electron chi connectivity index (χ4n) is 3.94. The van der Waals surface area contributed by atoms with Gasteiger partial charge in [0.15, 0.2) is 5.65 Å². The summed E-state index contributed by atoms with van der Waals surface area (Å²) in [5.41, 5.74) is 0.853. The summed E-state index contributed by atoms with van der Waals surface area (Å²) in [6, 6.07) is 6.61. The second-order valence-corrected chi connectivity index (χ2v) is 8.61. The van der Waals surface area contributed by atoms with Gasteiger partial charge in [0, 0.05) is 18.8 Å². The summed E-state index contributed by atoms with van der Waals surface area (Å²) in [5.74, 6) is 0.394. The van der Waals surface area contributed by atoms with E-state index in [9.17, 15) is 18.0 Å². The minimum atomic E-state index is -4.53. The molecule has 0 bridgehead atoms. The third-order valence-corrected chi connectivity index (χ3v) is 6.09. The topological polar surface area (TPSA) is 71.3 Å². The molecule has 6 nitrogen and oxygen atoms in total. The zero-order chi connectivity index (χ0) is 22.9. The van der Waals surface area contributed by atoms with Gasteiger partial charge in [-0.3, -0.25) is 4.79 Å². The smallest absolute Gasteiger partial charge is 0.353 e. The van der Waals surface area contributed by atoms with Crippen molar-refractivity contribution in [2.45, 2.75) is 37.9 Å². The number of carbonyl (C=O) groups is 1. The first-order valence-corrected chi connectivity index (χ1v) is 10.8. The van der Waals surface area contributed by atoms with Crippen molar-refractivity contribution in [3.05, 3.63) is 52.7 Å². The number of alkyl halides is 3. The number of hydrogen-bond donors (Lipinski definition) is 2. The molecule has 0 spiro atoms. The molecule has 0 radical (unpaired) electrons. The number of nitrogens with one attached hydrogen (secondary N) is 2. The van der Waals surface area contributed by atoms with Crippen LogP contribution in [0.15, 0.2) is 36.5 Å². The largest absolute Gasteiger partial charge is 0.416 e. The molecular weight excluding hydrogens is 442 g/mol. The Hall–Kier alpha value is -2.75. The van der Waals surface area contributed by atoms with Crippen LogP contribution in [-0.4, -0.2) is 40.9 Å². The number of carbonyl (C=O) groups excluding carboxylic acids is 1. The van der Waals surface area contributed by atoms with Crippen LogP contribution in [0.3, 0.4) is 0 Å². The van der Waals surface area contributed by atoms with Gasteiger partial charge < -0.3 is 10.6 Å². The Balaban J connectivity index is 1.28. The van der Waals surface area contributed by atoms with Crippen LogP contribution in [0.4, 0.5) is 19.1 Å². The average molecular weight is 464 g/mol. The minimum Gasteiger partial charge on any atom is -0.353 e. The standard InChI is InChI=1S/C21H22BClF3N5O/c22-14-7-8-31-18(10-14)29-20(30-31)27-11-12-1-4-15(5-2-12)28-19(32)16-9-13(21(24,25)26)3-6-17(16)23/h3,6-10,12,15H,1-2,4-5,11,22H2,(H,27,30)(H,28,32)/t12-,15-. The maximum atomic E-state index is 12.9. The lowest BCUT2D eigenvalue weighted by Gasteiger charge is -2.29. The zero-order valence-corrected chi connectivity index (χ0v) is 18.2. The number of benzene rings is 1. The molecule has 1 fully saturated rings. The molecule has 0 unspecified atom stereocenters. The van der Waals surface area contributed by atoms with Crippen LogP contribution in [0.25, 0.3) is 5.65 Å². The van der Waals surface area contributed by atoms with E-state index in [1.54, 1.807) is 4.52 Å². The Morgan fingerprint density at radius 3 is 2.66 bits per heavy atom. The number of rotatable bonds is 5. The van der Waals surface area contributed by atoms with Gasteiger partial charge in [0.25, 0.3) is 5.91 Å². The lowest BCUT2D eigenvalue weighted by molar-refractivity contribution is -0.137. The van der Waals surface area contributed by atoms with Crippen LogP contribution >= 0.6 is 11.6 Å². The fourth-order valence-corrected chi connectivity index (χ4v) is 4.15. The Morgan fingerprint density at radius 1 is 1.19 bits per heavy atom. The molecule has 1 aliphatic rings. The summed E-state index contributed by atoms with van der Waals surface area (Å²) < 4.78 is 40.6. The quantitative estimate of drug-likeness (QED) is 0.571. The van der Waals surface area contributed by atoms with Crippen molar-refractivity contribution in [1.82, 2.24) is 19.9 Å². The van der Waals surface area contributed by atoms with Crippen molar-refractivity contribution in [3.8, 4) is 0 Å². The van der Waals surface area contributed by atoms with Gasteiger partial charge in [0.1, 0.15) is 7.85 Å². The maximum absolute atomic E-state index is 12.9. The lowest BCUT2D eigenvalue weighted by Crippen LogP contribution is -2.38. The first-order valence-electron chi connectivity index (χ1n) is 10.4. The molecule has 1 aliphatic carbocycles. The Labute approximate surface area is 189 Å². The van der Waals surface area contributed by atoms with E-state index in [1.807, 2.05) is 26.2 Å². The highest BCUT2D eigenvalue weighted by Gasteiger charge is 2.32. The van der Waals surface area contributed by atoms with Crippen LogP contribution in [0.2, 0.25) is 5.02 Å². The first kappa shape index (κ1) is 22.4. The number of anilines is 1. The highest BCUT2D eigenvalue weighted by molar-refractivity contribution is 6.34. The summed E-state index contributed by atoms with van der Waals surface area (Å²) in [7, 11) is 2.00. The number of fused-ring (bicyclic) bond motifs is 1. The van der Waals surface area contributed by atoms with Crippen molar-refractivity contribution < 1.29 is 18.0 Å². The molecule has 3 aromatic rings. The van der Waals surface area contributed by atoms with E-state index in [1.165, 1.54) is 0 Å². The Bertz CT molecular complexity index is 1130. The fraction of sp³-hybridized carbons (Fsp3) is 0.381. The molecule has 32 heavy (non-hydrogen) atoms. The maximum Gasteiger partial charge on any atom is 0.416 e. The van der Waals surface area contributed by atoms with E-state index in [-0.39, 0.29) is 16.6 Å². The summed E-state index contributed by atoms with van der Waals surface area (Å²) in [4.78, 5) is 17.0. The number of halogens is 4. The van der Waals surface area contributed by atoms with Gasteiger partial charge in [0.2, 0.25) is 5.95 Å². The molecule has 4 rings (SSSR count). The lowest BCUT2D eigenvalue weighted by atomic mass is 9.86. The van der Waals surface area contributed by atoms with Crippen LogP contribution in [0.1, 0.15) is 41.6 Å². The average Bonchev–Trinajstić information content (AvgIpc) is 3.14. The van der Waals surface area contributed by atoms with E-state index in [4.69, 9.17) is 11.6 Å². The van der Waals surface area contributed by atoms with Gasteiger partial charge in [0.05, 0.1) is 16.1 Å². The third-order valence-electron chi connectivity index (χ3n) is 5.76. The number of amides is 1. The molecule has 2 heterocycles. The van der Waals surface area contributed by atoms with E-state index in [0.29, 0.717) is 11.9 Å². The second-order valence-electron chi connectivity index (χ2n) is 8.21. The Kier molecular flexibility index (Phi) is 6.32. The van der Waals surface area contributed by atoms with Crippen LogP contribution in [-0.2, 0) is 6.18 Å².